The Bertz CT molecular complexity index is 864. The molecule has 0 radical (unpaired) electrons. The van der Waals surface area contributed by atoms with E-state index in [-0.39, 0.29) is 0 Å². The van der Waals surface area contributed by atoms with E-state index in [0.717, 1.165) is 40.7 Å². The van der Waals surface area contributed by atoms with Crippen molar-refractivity contribution in [3.05, 3.63) is 88.9 Å². The largest absolute Gasteiger partial charge is 0.397 e. The Kier molecular flexibility index (Phi) is 3.89. The van der Waals surface area contributed by atoms with Gasteiger partial charge in [-0.3, -0.25) is 5.01 Å². The van der Waals surface area contributed by atoms with Crippen LogP contribution >= 0.6 is 11.6 Å². The van der Waals surface area contributed by atoms with Gasteiger partial charge in [0.1, 0.15) is 0 Å². The Morgan fingerprint density at radius 2 is 1.54 bits per heavy atom. The molecule has 0 aliphatic carbocycles. The zero-order valence-corrected chi connectivity index (χ0v) is 13.9. The van der Waals surface area contributed by atoms with Crippen molar-refractivity contribution in [1.82, 2.24) is 5.01 Å². The predicted molar refractivity (Wildman–Crippen MR) is 100 cm³/mol. The molecule has 0 aromatic heterocycles. The number of para-hydroxylation sites is 2. The van der Waals surface area contributed by atoms with Crippen molar-refractivity contribution >= 4 is 28.7 Å². The van der Waals surface area contributed by atoms with Gasteiger partial charge in [0.05, 0.1) is 17.1 Å². The molecular formula is C20H18ClN3. The van der Waals surface area contributed by atoms with Crippen molar-refractivity contribution in [3.63, 3.8) is 0 Å². The summed E-state index contributed by atoms with van der Waals surface area (Å²) in [6, 6.07) is 24.4. The Morgan fingerprint density at radius 3 is 2.33 bits per heavy atom. The Hall–Kier alpha value is -2.49. The highest BCUT2D eigenvalue weighted by molar-refractivity contribution is 6.31. The molecule has 4 rings (SSSR count). The first-order chi connectivity index (χ1) is 11.7. The molecule has 120 valence electrons. The summed E-state index contributed by atoms with van der Waals surface area (Å²) in [5.41, 5.74) is 11.5. The van der Waals surface area contributed by atoms with E-state index in [2.05, 4.69) is 40.3 Å². The maximum Gasteiger partial charge on any atom is 0.0809 e. The van der Waals surface area contributed by atoms with Gasteiger partial charge in [0.15, 0.2) is 0 Å². The fraction of sp³-hybridized carbons (Fsp3) is 0.100. The smallest absolute Gasteiger partial charge is 0.0809 e. The third kappa shape index (κ3) is 2.62. The molecule has 0 atom stereocenters. The number of hydrazine groups is 1. The zero-order chi connectivity index (χ0) is 16.5. The summed E-state index contributed by atoms with van der Waals surface area (Å²) in [5.74, 6) is 0. The Balaban J connectivity index is 1.79. The second-order valence-corrected chi connectivity index (χ2v) is 6.32. The van der Waals surface area contributed by atoms with Gasteiger partial charge in [-0.15, -0.1) is 0 Å². The second-order valence-electron chi connectivity index (χ2n) is 5.92. The monoisotopic (exact) mass is 335 g/mol. The highest BCUT2D eigenvalue weighted by Crippen LogP contribution is 2.43. The molecule has 2 N–H and O–H groups in total. The van der Waals surface area contributed by atoms with Crippen LogP contribution in [0.5, 0.6) is 0 Å². The standard InChI is InChI=1S/C20H18ClN3/c21-17-9-6-12-19-16(17)14-23(13-15-7-2-1-3-8-15)24(19)20-11-5-4-10-18(20)22/h1-12H,13-14,22H2. The van der Waals surface area contributed by atoms with Crippen molar-refractivity contribution in [3.8, 4) is 0 Å². The van der Waals surface area contributed by atoms with Crippen LogP contribution in [0.15, 0.2) is 72.8 Å². The van der Waals surface area contributed by atoms with Crippen LogP contribution in [0.3, 0.4) is 0 Å². The molecule has 4 heteroatoms. The van der Waals surface area contributed by atoms with Gasteiger partial charge >= 0.3 is 0 Å². The van der Waals surface area contributed by atoms with E-state index in [9.17, 15) is 0 Å². The zero-order valence-electron chi connectivity index (χ0n) is 13.2. The molecule has 0 unspecified atom stereocenters. The summed E-state index contributed by atoms with van der Waals surface area (Å²) >= 11 is 6.45. The molecule has 3 aromatic carbocycles. The lowest BCUT2D eigenvalue weighted by Gasteiger charge is -2.31. The summed E-state index contributed by atoms with van der Waals surface area (Å²) in [5, 5.41) is 5.25. The summed E-state index contributed by atoms with van der Waals surface area (Å²) in [7, 11) is 0. The minimum atomic E-state index is 0.753. The highest BCUT2D eigenvalue weighted by atomic mass is 35.5. The fourth-order valence-electron chi connectivity index (χ4n) is 3.19. The molecule has 1 aliphatic heterocycles. The van der Waals surface area contributed by atoms with E-state index < -0.39 is 0 Å². The molecule has 3 aromatic rings. The molecule has 24 heavy (non-hydrogen) atoms. The van der Waals surface area contributed by atoms with Gasteiger partial charge in [0.25, 0.3) is 0 Å². The molecule has 1 aliphatic rings. The van der Waals surface area contributed by atoms with Crippen LogP contribution in [0.4, 0.5) is 17.1 Å². The summed E-state index contributed by atoms with van der Waals surface area (Å²) < 4.78 is 0. The predicted octanol–water partition coefficient (Wildman–Crippen LogP) is 4.99. The van der Waals surface area contributed by atoms with Crippen LogP contribution in [0.2, 0.25) is 5.02 Å². The molecule has 0 amide bonds. The lowest BCUT2D eigenvalue weighted by atomic mass is 10.2. The number of hydrogen-bond donors (Lipinski definition) is 1. The lowest BCUT2D eigenvalue weighted by Crippen LogP contribution is -2.33. The van der Waals surface area contributed by atoms with Crippen molar-refractivity contribution in [2.24, 2.45) is 0 Å². The molecule has 0 saturated heterocycles. The molecule has 0 spiro atoms. The third-order valence-electron chi connectivity index (χ3n) is 4.32. The summed E-state index contributed by atoms with van der Waals surface area (Å²) in [4.78, 5) is 0. The van der Waals surface area contributed by atoms with E-state index in [1.807, 2.05) is 42.5 Å². The fourth-order valence-corrected chi connectivity index (χ4v) is 3.42. The van der Waals surface area contributed by atoms with Crippen molar-refractivity contribution < 1.29 is 0 Å². The molecule has 0 saturated carbocycles. The van der Waals surface area contributed by atoms with E-state index in [1.165, 1.54) is 5.56 Å². The first-order valence-electron chi connectivity index (χ1n) is 7.95. The quantitative estimate of drug-likeness (QED) is 0.684. The minimum Gasteiger partial charge on any atom is -0.397 e. The van der Waals surface area contributed by atoms with E-state index in [0.29, 0.717) is 0 Å². The number of rotatable bonds is 3. The van der Waals surface area contributed by atoms with Gasteiger partial charge in [-0.2, -0.15) is 0 Å². The van der Waals surface area contributed by atoms with Gasteiger partial charge < -0.3 is 5.73 Å². The molecule has 0 fully saturated rings. The van der Waals surface area contributed by atoms with Crippen molar-refractivity contribution in [2.45, 2.75) is 13.1 Å². The molecular weight excluding hydrogens is 318 g/mol. The first kappa shape index (κ1) is 15.1. The van der Waals surface area contributed by atoms with Crippen molar-refractivity contribution in [1.29, 1.82) is 0 Å². The number of anilines is 3. The van der Waals surface area contributed by atoms with E-state index in [1.54, 1.807) is 0 Å². The molecule has 1 heterocycles. The number of benzene rings is 3. The number of nitrogens with two attached hydrogens (primary N) is 1. The number of nitrogen functional groups attached to an aromatic ring is 1. The van der Waals surface area contributed by atoms with Gasteiger partial charge in [-0.1, -0.05) is 60.1 Å². The maximum absolute atomic E-state index is 6.45. The van der Waals surface area contributed by atoms with Crippen molar-refractivity contribution in [2.75, 3.05) is 10.7 Å². The van der Waals surface area contributed by atoms with Crippen LogP contribution in [-0.4, -0.2) is 5.01 Å². The number of hydrogen-bond acceptors (Lipinski definition) is 3. The molecule has 0 bridgehead atoms. The Labute approximate surface area is 146 Å². The minimum absolute atomic E-state index is 0.753. The van der Waals surface area contributed by atoms with Gasteiger partial charge in [0, 0.05) is 23.7 Å². The SMILES string of the molecule is Nc1ccccc1N1c2cccc(Cl)c2CN1Cc1ccccc1. The Morgan fingerprint density at radius 1 is 0.833 bits per heavy atom. The van der Waals surface area contributed by atoms with Crippen LogP contribution in [0.1, 0.15) is 11.1 Å². The number of nitrogens with zero attached hydrogens (tertiary/aromatic N) is 2. The summed E-state index contributed by atoms with van der Waals surface area (Å²) in [6.07, 6.45) is 0. The van der Waals surface area contributed by atoms with Crippen LogP contribution < -0.4 is 10.7 Å². The summed E-state index contributed by atoms with van der Waals surface area (Å²) in [6.45, 7) is 1.55. The number of fused-ring (bicyclic) bond motifs is 1. The maximum atomic E-state index is 6.45. The lowest BCUT2D eigenvalue weighted by molar-refractivity contribution is 0.284. The van der Waals surface area contributed by atoms with Crippen LogP contribution in [0, 0.1) is 0 Å². The van der Waals surface area contributed by atoms with Gasteiger partial charge in [-0.05, 0) is 29.8 Å². The number of halogens is 1. The van der Waals surface area contributed by atoms with Crippen LogP contribution in [0.25, 0.3) is 0 Å². The van der Waals surface area contributed by atoms with Gasteiger partial charge in [0.2, 0.25) is 0 Å². The highest BCUT2D eigenvalue weighted by Gasteiger charge is 2.30. The third-order valence-corrected chi connectivity index (χ3v) is 4.67. The van der Waals surface area contributed by atoms with E-state index >= 15 is 0 Å². The molecule has 3 nitrogen and oxygen atoms in total. The second kappa shape index (κ2) is 6.19. The average Bonchev–Trinajstić information content (AvgIpc) is 2.96. The van der Waals surface area contributed by atoms with Crippen LogP contribution in [-0.2, 0) is 13.1 Å². The first-order valence-corrected chi connectivity index (χ1v) is 8.32. The van der Waals surface area contributed by atoms with Gasteiger partial charge in [-0.25, -0.2) is 5.01 Å². The normalized spacial score (nSPS) is 14.0. The topological polar surface area (TPSA) is 32.5 Å². The average molecular weight is 336 g/mol. The van der Waals surface area contributed by atoms with E-state index in [4.69, 9.17) is 17.3 Å².